The minimum Gasteiger partial charge on any atom is -0.466 e. The number of carbonyl (C=O) groups is 1. The Morgan fingerprint density at radius 2 is 2.00 bits per heavy atom. The first kappa shape index (κ1) is 16.6. The first-order valence-corrected chi connectivity index (χ1v) is 6.40. The number of hydrogen-bond acceptors (Lipinski definition) is 3. The van der Waals surface area contributed by atoms with Gasteiger partial charge in [-0.3, -0.25) is 4.79 Å². The number of esters is 1. The van der Waals surface area contributed by atoms with Gasteiger partial charge in [0.05, 0.1) is 6.61 Å². The predicted molar refractivity (Wildman–Crippen MR) is 73.5 cm³/mol. The van der Waals surface area contributed by atoms with Gasteiger partial charge in [0.1, 0.15) is 0 Å². The summed E-state index contributed by atoms with van der Waals surface area (Å²) in [6.07, 6.45) is 2.82. The highest BCUT2D eigenvalue weighted by Gasteiger charge is 1.93. The summed E-state index contributed by atoms with van der Waals surface area (Å²) < 4.78 is 4.64. The highest BCUT2D eigenvalue weighted by molar-refractivity contribution is 5.65. The van der Waals surface area contributed by atoms with Crippen LogP contribution in [0.25, 0.3) is 0 Å². The molecule has 0 heterocycles. The normalized spacial score (nSPS) is 9.33. The van der Waals surface area contributed by atoms with Gasteiger partial charge in [-0.25, -0.2) is 0 Å². The molecule has 1 N–H and O–H groups in total. The molecule has 0 atom stereocenters. The van der Waals surface area contributed by atoms with Crippen LogP contribution in [0, 0.1) is 6.92 Å². The van der Waals surface area contributed by atoms with Crippen LogP contribution in [0.4, 0.5) is 0 Å². The van der Waals surface area contributed by atoms with Gasteiger partial charge >= 0.3 is 5.97 Å². The van der Waals surface area contributed by atoms with Gasteiger partial charge in [0.25, 0.3) is 0 Å². The molecule has 0 bridgehead atoms. The molecule has 1 aromatic rings. The van der Waals surface area contributed by atoms with Gasteiger partial charge in [0, 0.05) is 13.5 Å². The second-order valence-electron chi connectivity index (χ2n) is 4.09. The number of carbonyl (C=O) groups excluding carboxylic acids is 1. The number of benzene rings is 1. The molecular formula is C15H24O3. The van der Waals surface area contributed by atoms with Crippen LogP contribution in [0.15, 0.2) is 24.3 Å². The van der Waals surface area contributed by atoms with E-state index in [1.807, 2.05) is 18.2 Å². The van der Waals surface area contributed by atoms with Gasteiger partial charge in [-0.15, -0.1) is 0 Å². The van der Waals surface area contributed by atoms with E-state index in [4.69, 9.17) is 5.11 Å². The van der Waals surface area contributed by atoms with Gasteiger partial charge in [0.15, 0.2) is 0 Å². The number of hydrogen-bond donors (Lipinski definition) is 1. The first-order valence-electron chi connectivity index (χ1n) is 6.40. The molecule has 0 aliphatic rings. The van der Waals surface area contributed by atoms with Crippen LogP contribution in [0.2, 0.25) is 0 Å². The van der Waals surface area contributed by atoms with E-state index in [0.717, 1.165) is 19.3 Å². The second kappa shape index (κ2) is 10.8. The van der Waals surface area contributed by atoms with Crippen molar-refractivity contribution in [2.24, 2.45) is 0 Å². The number of rotatable bonds is 5. The Hall–Kier alpha value is -1.35. The number of aliphatic hydroxyl groups excluding tert-OH is 1. The average Bonchev–Trinajstić information content (AvgIpc) is 2.33. The molecule has 0 radical (unpaired) electrons. The standard InChI is InChI=1S/C9H12O.C6H12O2/c1-8-4-2-3-5-9(8)6-7-10;1-3-4-5-8-6(2)7/h2-5,10H,6-7H2,1H3;3-5H2,1-2H3. The molecule has 0 saturated carbocycles. The van der Waals surface area contributed by atoms with Gasteiger partial charge < -0.3 is 9.84 Å². The molecular weight excluding hydrogens is 228 g/mol. The molecule has 3 heteroatoms. The Bertz CT molecular complexity index is 334. The maximum absolute atomic E-state index is 10.1. The number of aryl methyl sites for hydroxylation is 1. The van der Waals surface area contributed by atoms with E-state index in [1.54, 1.807) is 0 Å². The first-order chi connectivity index (χ1) is 8.61. The van der Waals surface area contributed by atoms with Crippen molar-refractivity contribution in [2.75, 3.05) is 13.2 Å². The van der Waals surface area contributed by atoms with Crippen LogP contribution in [0.5, 0.6) is 0 Å². The Kier molecular flexibility index (Phi) is 9.97. The van der Waals surface area contributed by atoms with Crippen LogP contribution in [0.3, 0.4) is 0 Å². The van der Waals surface area contributed by atoms with Crippen molar-refractivity contribution in [2.45, 2.75) is 40.0 Å². The van der Waals surface area contributed by atoms with Gasteiger partial charge in [0.2, 0.25) is 0 Å². The molecule has 0 amide bonds. The Balaban J connectivity index is 0.000000331. The summed E-state index contributed by atoms with van der Waals surface area (Å²) in [6.45, 7) is 6.36. The molecule has 102 valence electrons. The fraction of sp³-hybridized carbons (Fsp3) is 0.533. The lowest BCUT2D eigenvalue weighted by atomic mass is 10.1. The van der Waals surface area contributed by atoms with Crippen LogP contribution < -0.4 is 0 Å². The smallest absolute Gasteiger partial charge is 0.302 e. The lowest BCUT2D eigenvalue weighted by Gasteiger charge is -2.00. The third-order valence-electron chi connectivity index (χ3n) is 2.45. The van der Waals surface area contributed by atoms with Gasteiger partial charge in [-0.2, -0.15) is 0 Å². The molecule has 0 aromatic heterocycles. The van der Waals surface area contributed by atoms with Crippen molar-refractivity contribution in [3.63, 3.8) is 0 Å². The molecule has 1 rings (SSSR count). The van der Waals surface area contributed by atoms with Crippen molar-refractivity contribution in [3.8, 4) is 0 Å². The quantitative estimate of drug-likeness (QED) is 0.647. The van der Waals surface area contributed by atoms with Crippen molar-refractivity contribution in [1.29, 1.82) is 0 Å². The molecule has 3 nitrogen and oxygen atoms in total. The molecule has 0 aliphatic heterocycles. The van der Waals surface area contributed by atoms with Crippen LogP contribution >= 0.6 is 0 Å². The summed E-state index contributed by atoms with van der Waals surface area (Å²) in [5.41, 5.74) is 2.50. The lowest BCUT2D eigenvalue weighted by molar-refractivity contribution is -0.141. The Morgan fingerprint density at radius 1 is 1.33 bits per heavy atom. The molecule has 0 fully saturated rings. The van der Waals surface area contributed by atoms with Crippen molar-refractivity contribution in [1.82, 2.24) is 0 Å². The lowest BCUT2D eigenvalue weighted by Crippen LogP contribution is -1.99. The number of aliphatic hydroxyl groups is 1. The summed E-state index contributed by atoms with van der Waals surface area (Å²) in [6, 6.07) is 8.12. The maximum Gasteiger partial charge on any atom is 0.302 e. The largest absolute Gasteiger partial charge is 0.466 e. The summed E-state index contributed by atoms with van der Waals surface area (Å²) in [7, 11) is 0. The maximum atomic E-state index is 10.1. The van der Waals surface area contributed by atoms with E-state index in [9.17, 15) is 4.79 Å². The number of unbranched alkanes of at least 4 members (excludes halogenated alkanes) is 1. The number of ether oxygens (including phenoxy) is 1. The third-order valence-corrected chi connectivity index (χ3v) is 2.45. The summed E-state index contributed by atoms with van der Waals surface area (Å²) in [4.78, 5) is 10.1. The van der Waals surface area contributed by atoms with E-state index >= 15 is 0 Å². The van der Waals surface area contributed by atoms with Crippen molar-refractivity contribution in [3.05, 3.63) is 35.4 Å². The van der Waals surface area contributed by atoms with E-state index in [-0.39, 0.29) is 12.6 Å². The Labute approximate surface area is 110 Å². The molecule has 0 spiro atoms. The van der Waals surface area contributed by atoms with Crippen LogP contribution in [0.1, 0.15) is 37.8 Å². The van der Waals surface area contributed by atoms with E-state index in [0.29, 0.717) is 6.61 Å². The third kappa shape index (κ3) is 8.76. The van der Waals surface area contributed by atoms with E-state index in [2.05, 4.69) is 24.7 Å². The summed E-state index contributed by atoms with van der Waals surface area (Å²) in [5.74, 6) is -0.182. The highest BCUT2D eigenvalue weighted by atomic mass is 16.5. The minimum atomic E-state index is -0.182. The van der Waals surface area contributed by atoms with Crippen LogP contribution in [-0.2, 0) is 16.0 Å². The van der Waals surface area contributed by atoms with E-state index < -0.39 is 0 Å². The Morgan fingerprint density at radius 3 is 2.50 bits per heavy atom. The topological polar surface area (TPSA) is 46.5 Å². The SMILES string of the molecule is CCCCOC(C)=O.Cc1ccccc1CCO. The van der Waals surface area contributed by atoms with Crippen molar-refractivity contribution < 1.29 is 14.6 Å². The monoisotopic (exact) mass is 252 g/mol. The molecule has 0 unspecified atom stereocenters. The van der Waals surface area contributed by atoms with Gasteiger partial charge in [-0.1, -0.05) is 37.6 Å². The van der Waals surface area contributed by atoms with Gasteiger partial charge in [-0.05, 0) is 30.9 Å². The highest BCUT2D eigenvalue weighted by Crippen LogP contribution is 2.06. The summed E-state index contributed by atoms with van der Waals surface area (Å²) >= 11 is 0. The van der Waals surface area contributed by atoms with Crippen LogP contribution in [-0.4, -0.2) is 24.3 Å². The average molecular weight is 252 g/mol. The molecule has 0 aliphatic carbocycles. The molecule has 18 heavy (non-hydrogen) atoms. The minimum absolute atomic E-state index is 0.182. The summed E-state index contributed by atoms with van der Waals surface area (Å²) in [5, 5.41) is 8.64. The fourth-order valence-electron chi connectivity index (χ4n) is 1.37. The zero-order valence-electron chi connectivity index (χ0n) is 11.6. The fourth-order valence-corrected chi connectivity index (χ4v) is 1.37. The molecule has 0 saturated heterocycles. The zero-order valence-corrected chi connectivity index (χ0v) is 11.6. The van der Waals surface area contributed by atoms with Crippen molar-refractivity contribution >= 4 is 5.97 Å². The second-order valence-corrected chi connectivity index (χ2v) is 4.09. The molecule has 1 aromatic carbocycles. The predicted octanol–water partition coefficient (Wildman–Crippen LogP) is 2.88. The van der Waals surface area contributed by atoms with E-state index in [1.165, 1.54) is 18.1 Å². The zero-order chi connectivity index (χ0) is 13.8.